The van der Waals surface area contributed by atoms with Crippen LogP contribution in [0.1, 0.15) is 43.2 Å². The molecule has 2 amide bonds. The van der Waals surface area contributed by atoms with Gasteiger partial charge in [0.15, 0.2) is 0 Å². The highest BCUT2D eigenvalue weighted by Crippen LogP contribution is 2.35. The molecule has 11 heteroatoms. The highest BCUT2D eigenvalue weighted by molar-refractivity contribution is 7.92. The Hall–Kier alpha value is -2.78. The minimum absolute atomic E-state index is 0.0212. The smallest absolute Gasteiger partial charge is 0.244 e. The van der Waals surface area contributed by atoms with Crippen molar-refractivity contribution in [1.29, 1.82) is 0 Å². The van der Waals surface area contributed by atoms with E-state index in [4.69, 9.17) is 34.8 Å². The number of nitrogens with one attached hydrogen (secondary N) is 1. The Morgan fingerprint density at radius 1 is 0.857 bits per heavy atom. The molecule has 1 fully saturated rings. The summed E-state index contributed by atoms with van der Waals surface area (Å²) >= 11 is 18.7. The lowest BCUT2D eigenvalue weighted by Gasteiger charge is -2.35. The molecule has 4 rings (SSSR count). The van der Waals surface area contributed by atoms with Gasteiger partial charge in [0.1, 0.15) is 12.6 Å². The first-order valence-corrected chi connectivity index (χ1v) is 16.8. The summed E-state index contributed by atoms with van der Waals surface area (Å²) in [6.07, 6.45) is 6.21. The topological polar surface area (TPSA) is 86.8 Å². The molecule has 3 aromatic rings. The third kappa shape index (κ3) is 8.63. The number of halogens is 3. The van der Waals surface area contributed by atoms with Gasteiger partial charge in [0.25, 0.3) is 0 Å². The Labute approximate surface area is 262 Å². The molecule has 0 unspecified atom stereocenters. The van der Waals surface area contributed by atoms with E-state index in [0.29, 0.717) is 0 Å². The molecule has 0 heterocycles. The van der Waals surface area contributed by atoms with Crippen molar-refractivity contribution >= 4 is 62.3 Å². The average molecular weight is 651 g/mol. The minimum Gasteiger partial charge on any atom is -0.352 e. The molecule has 1 saturated carbocycles. The van der Waals surface area contributed by atoms with Gasteiger partial charge in [0.05, 0.1) is 27.0 Å². The van der Waals surface area contributed by atoms with E-state index in [1.54, 1.807) is 0 Å². The van der Waals surface area contributed by atoms with Gasteiger partial charge in [-0.3, -0.25) is 13.9 Å². The van der Waals surface area contributed by atoms with Gasteiger partial charge in [0, 0.05) is 19.0 Å². The monoisotopic (exact) mass is 649 g/mol. The number of carbonyl (C=O) groups is 2. The van der Waals surface area contributed by atoms with Gasteiger partial charge in [0.2, 0.25) is 21.8 Å². The second-order valence-corrected chi connectivity index (χ2v) is 13.7. The van der Waals surface area contributed by atoms with Gasteiger partial charge in [-0.05, 0) is 36.1 Å². The highest BCUT2D eigenvalue weighted by Gasteiger charge is 2.34. The fourth-order valence-electron chi connectivity index (χ4n) is 5.18. The van der Waals surface area contributed by atoms with Crippen molar-refractivity contribution in [2.45, 2.75) is 57.2 Å². The largest absolute Gasteiger partial charge is 0.352 e. The Kier molecular flexibility index (Phi) is 11.2. The van der Waals surface area contributed by atoms with Crippen LogP contribution >= 0.6 is 34.8 Å². The van der Waals surface area contributed by atoms with E-state index < -0.39 is 28.5 Å². The maximum Gasteiger partial charge on any atom is 0.244 e. The van der Waals surface area contributed by atoms with Crippen LogP contribution in [0.15, 0.2) is 72.8 Å². The predicted octanol–water partition coefficient (Wildman–Crippen LogP) is 6.50. The molecule has 3 aromatic carbocycles. The summed E-state index contributed by atoms with van der Waals surface area (Å²) in [5, 5.41) is 3.44. The first kappa shape index (κ1) is 32.1. The van der Waals surface area contributed by atoms with E-state index in [1.807, 2.05) is 60.7 Å². The number of benzene rings is 3. The summed E-state index contributed by atoms with van der Waals surface area (Å²) in [7, 11) is -4.00. The molecular formula is C31H34Cl3N3O4S. The molecule has 1 atom stereocenters. The van der Waals surface area contributed by atoms with Gasteiger partial charge < -0.3 is 10.2 Å². The molecule has 0 spiro atoms. The van der Waals surface area contributed by atoms with Crippen molar-refractivity contribution in [3.8, 4) is 0 Å². The number of nitrogens with zero attached hydrogens (tertiary/aromatic N) is 2. The molecule has 42 heavy (non-hydrogen) atoms. The van der Waals surface area contributed by atoms with Crippen LogP contribution in [0.4, 0.5) is 5.69 Å². The number of carbonyl (C=O) groups excluding carboxylic acids is 2. The lowest BCUT2D eigenvalue weighted by Crippen LogP contribution is -2.55. The Balaban J connectivity index is 1.73. The fourth-order valence-corrected chi connectivity index (χ4v) is 6.72. The van der Waals surface area contributed by atoms with E-state index >= 15 is 0 Å². The lowest BCUT2D eigenvalue weighted by atomic mass is 9.94. The van der Waals surface area contributed by atoms with E-state index in [0.717, 1.165) is 53.8 Å². The summed E-state index contributed by atoms with van der Waals surface area (Å²) in [6, 6.07) is 20.5. The lowest BCUT2D eigenvalue weighted by molar-refractivity contribution is -0.140. The molecular weight excluding hydrogens is 617 g/mol. The molecule has 0 aliphatic heterocycles. The third-order valence-electron chi connectivity index (χ3n) is 7.36. The van der Waals surface area contributed by atoms with Gasteiger partial charge in [-0.15, -0.1) is 0 Å². The number of amides is 2. The second-order valence-electron chi connectivity index (χ2n) is 10.5. The molecule has 1 N–H and O–H groups in total. The van der Waals surface area contributed by atoms with Crippen LogP contribution in [0.3, 0.4) is 0 Å². The maximum atomic E-state index is 14.2. The molecule has 1 aliphatic rings. The summed E-state index contributed by atoms with van der Waals surface area (Å²) < 4.78 is 26.9. The third-order valence-corrected chi connectivity index (χ3v) is 9.51. The average Bonchev–Trinajstić information content (AvgIpc) is 2.96. The molecule has 7 nitrogen and oxygen atoms in total. The molecule has 0 bridgehead atoms. The van der Waals surface area contributed by atoms with E-state index in [9.17, 15) is 18.0 Å². The van der Waals surface area contributed by atoms with Gasteiger partial charge in [-0.1, -0.05) is 115 Å². The van der Waals surface area contributed by atoms with E-state index in [2.05, 4.69) is 5.32 Å². The number of rotatable bonds is 11. The predicted molar refractivity (Wildman–Crippen MR) is 170 cm³/mol. The molecule has 0 aromatic heterocycles. The zero-order chi connectivity index (χ0) is 30.3. The highest BCUT2D eigenvalue weighted by atomic mass is 35.5. The summed E-state index contributed by atoms with van der Waals surface area (Å²) in [4.78, 5) is 29.6. The van der Waals surface area contributed by atoms with Gasteiger partial charge in [-0.25, -0.2) is 8.42 Å². The number of anilines is 1. The van der Waals surface area contributed by atoms with Crippen molar-refractivity contribution in [2.75, 3.05) is 17.1 Å². The first-order valence-electron chi connectivity index (χ1n) is 13.8. The van der Waals surface area contributed by atoms with Crippen molar-refractivity contribution in [1.82, 2.24) is 10.2 Å². The first-order chi connectivity index (χ1) is 20.0. The van der Waals surface area contributed by atoms with E-state index in [-0.39, 0.29) is 45.7 Å². The Morgan fingerprint density at radius 3 is 2.02 bits per heavy atom. The summed E-state index contributed by atoms with van der Waals surface area (Å²) in [5.74, 6) is -0.834. The number of hydrogen-bond acceptors (Lipinski definition) is 4. The van der Waals surface area contributed by atoms with Gasteiger partial charge in [-0.2, -0.15) is 0 Å². The normalized spacial score (nSPS) is 14.7. The maximum absolute atomic E-state index is 14.2. The molecule has 0 radical (unpaired) electrons. The van der Waals surface area contributed by atoms with Crippen molar-refractivity contribution < 1.29 is 18.0 Å². The van der Waals surface area contributed by atoms with Crippen molar-refractivity contribution in [3.63, 3.8) is 0 Å². The zero-order valence-corrected chi connectivity index (χ0v) is 26.4. The van der Waals surface area contributed by atoms with Crippen molar-refractivity contribution in [2.24, 2.45) is 0 Å². The van der Waals surface area contributed by atoms with Crippen LogP contribution < -0.4 is 9.62 Å². The van der Waals surface area contributed by atoms with Crippen LogP contribution in [0.5, 0.6) is 0 Å². The second kappa shape index (κ2) is 14.6. The van der Waals surface area contributed by atoms with Crippen LogP contribution in [-0.4, -0.2) is 50.0 Å². The quantitative estimate of drug-likeness (QED) is 0.240. The van der Waals surface area contributed by atoms with E-state index in [1.165, 1.54) is 17.0 Å². The van der Waals surface area contributed by atoms with Crippen LogP contribution in [0.25, 0.3) is 0 Å². The molecule has 224 valence electrons. The van der Waals surface area contributed by atoms with Crippen LogP contribution in [0.2, 0.25) is 15.1 Å². The van der Waals surface area contributed by atoms with Crippen molar-refractivity contribution in [3.05, 3.63) is 99.0 Å². The number of sulfonamides is 1. The Morgan fingerprint density at radius 2 is 1.43 bits per heavy atom. The minimum atomic E-state index is -4.00. The summed E-state index contributed by atoms with van der Waals surface area (Å²) in [5.41, 5.74) is 1.69. The van der Waals surface area contributed by atoms with Gasteiger partial charge >= 0.3 is 0 Å². The SMILES string of the molecule is CS(=O)(=O)N(CC(=O)N(Cc1ccccc1)[C@H](Cc1ccccc1)C(=O)NC1CCCCC1)c1cc(Cl)c(Cl)cc1Cl. The Bertz CT molecular complexity index is 1480. The number of hydrogen-bond donors (Lipinski definition) is 1. The fraction of sp³-hybridized carbons (Fsp3) is 0.355. The zero-order valence-electron chi connectivity index (χ0n) is 23.3. The van der Waals surface area contributed by atoms with Crippen LogP contribution in [0, 0.1) is 0 Å². The molecule has 0 saturated heterocycles. The van der Waals surface area contributed by atoms with Crippen LogP contribution in [-0.2, 0) is 32.6 Å². The standard InChI is InChI=1S/C31H34Cl3N3O4S/c1-42(40,41)37(28-19-26(33)25(32)18-27(28)34)21-30(38)36(20-23-13-7-3-8-14-23)29(17-22-11-5-2-6-12-22)31(39)35-24-15-9-4-10-16-24/h2-3,5-8,11-14,18-19,24,29H,4,9-10,15-17,20-21H2,1H3,(H,35,39)/t29-/m1/s1. The summed E-state index contributed by atoms with van der Waals surface area (Å²) in [6.45, 7) is -0.493. The molecule has 1 aliphatic carbocycles.